The Bertz CT molecular complexity index is 505. The van der Waals surface area contributed by atoms with E-state index in [1.165, 1.54) is 19.3 Å². The molecule has 3 heteroatoms. The number of hydrogen-bond acceptors (Lipinski definition) is 2. The fraction of sp³-hybridized carbons (Fsp3) is 0.429. The molecule has 0 unspecified atom stereocenters. The zero-order chi connectivity index (χ0) is 17.0. The summed E-state index contributed by atoms with van der Waals surface area (Å²) in [7, 11) is 0. The highest BCUT2D eigenvalue weighted by molar-refractivity contribution is 5.29. The Labute approximate surface area is 145 Å². The van der Waals surface area contributed by atoms with Gasteiger partial charge in [0.25, 0.3) is 0 Å². The van der Waals surface area contributed by atoms with Gasteiger partial charge in [-0.05, 0) is 24.0 Å². The quantitative estimate of drug-likeness (QED) is 0.623. The lowest BCUT2D eigenvalue weighted by Crippen LogP contribution is -2.86. The Kier molecular flexibility index (Phi) is 8.53. The van der Waals surface area contributed by atoms with Crippen LogP contribution in [0.5, 0.6) is 0 Å². The summed E-state index contributed by atoms with van der Waals surface area (Å²) in [5.74, 6) is 0. The van der Waals surface area contributed by atoms with Gasteiger partial charge in [-0.1, -0.05) is 74.0 Å². The number of rotatable bonds is 11. The van der Waals surface area contributed by atoms with Crippen LogP contribution in [0.2, 0.25) is 0 Å². The van der Waals surface area contributed by atoms with Crippen molar-refractivity contribution in [1.82, 2.24) is 0 Å². The van der Waals surface area contributed by atoms with Crippen LogP contribution in [0.1, 0.15) is 43.4 Å². The summed E-state index contributed by atoms with van der Waals surface area (Å²) < 4.78 is 6.08. The summed E-state index contributed by atoms with van der Waals surface area (Å²) in [6.07, 6.45) is 3.12. The number of nitrogens with two attached hydrogens (primary N) is 1. The molecule has 3 nitrogen and oxygen atoms in total. The molecule has 1 atom stereocenters. The number of aliphatic hydroxyl groups is 1. The van der Waals surface area contributed by atoms with E-state index in [0.717, 1.165) is 17.7 Å². The SMILES string of the molecule is CCCCC[NH2+]C[C@@H](O)COC(c1ccccc1)c1ccccc1. The van der Waals surface area contributed by atoms with Crippen molar-refractivity contribution in [2.45, 2.75) is 38.4 Å². The summed E-state index contributed by atoms with van der Waals surface area (Å²) in [6.45, 7) is 4.32. The molecule has 130 valence electrons. The molecule has 2 aromatic carbocycles. The van der Waals surface area contributed by atoms with E-state index in [2.05, 4.69) is 36.5 Å². The van der Waals surface area contributed by atoms with Crippen LogP contribution >= 0.6 is 0 Å². The molecule has 0 aliphatic heterocycles. The van der Waals surface area contributed by atoms with Gasteiger partial charge >= 0.3 is 0 Å². The maximum atomic E-state index is 10.2. The van der Waals surface area contributed by atoms with Crippen LogP contribution in [0.15, 0.2) is 60.7 Å². The lowest BCUT2D eigenvalue weighted by atomic mass is 10.0. The van der Waals surface area contributed by atoms with Gasteiger partial charge in [-0.25, -0.2) is 0 Å². The largest absolute Gasteiger partial charge is 0.385 e. The molecule has 0 fully saturated rings. The van der Waals surface area contributed by atoms with Gasteiger partial charge in [0, 0.05) is 0 Å². The lowest BCUT2D eigenvalue weighted by Gasteiger charge is -2.20. The maximum Gasteiger partial charge on any atom is 0.126 e. The van der Waals surface area contributed by atoms with Crippen molar-refractivity contribution < 1.29 is 15.2 Å². The molecule has 0 radical (unpaired) electrons. The Hall–Kier alpha value is -1.68. The smallest absolute Gasteiger partial charge is 0.126 e. The van der Waals surface area contributed by atoms with E-state index >= 15 is 0 Å². The van der Waals surface area contributed by atoms with Gasteiger partial charge < -0.3 is 15.2 Å². The summed E-state index contributed by atoms with van der Waals surface area (Å²) in [4.78, 5) is 0. The first-order chi connectivity index (χ1) is 11.8. The van der Waals surface area contributed by atoms with E-state index in [4.69, 9.17) is 4.74 Å². The predicted octanol–water partition coefficient (Wildman–Crippen LogP) is 2.91. The molecular weight excluding hydrogens is 298 g/mol. The highest BCUT2D eigenvalue weighted by Crippen LogP contribution is 2.25. The molecule has 0 saturated heterocycles. The van der Waals surface area contributed by atoms with Crippen molar-refractivity contribution in [1.29, 1.82) is 0 Å². The van der Waals surface area contributed by atoms with Gasteiger partial charge in [-0.3, -0.25) is 0 Å². The number of benzene rings is 2. The number of unbranched alkanes of at least 4 members (excludes halogenated alkanes) is 2. The van der Waals surface area contributed by atoms with Gasteiger partial charge in [0.15, 0.2) is 0 Å². The van der Waals surface area contributed by atoms with Crippen LogP contribution in [-0.4, -0.2) is 30.9 Å². The fourth-order valence-electron chi connectivity index (χ4n) is 2.76. The summed E-state index contributed by atoms with van der Waals surface area (Å²) in [5.41, 5.74) is 2.23. The van der Waals surface area contributed by atoms with Crippen molar-refractivity contribution in [3.63, 3.8) is 0 Å². The number of quaternary nitrogens is 1. The fourth-order valence-corrected chi connectivity index (χ4v) is 2.76. The molecule has 0 spiro atoms. The highest BCUT2D eigenvalue weighted by atomic mass is 16.5. The van der Waals surface area contributed by atoms with Crippen molar-refractivity contribution in [3.8, 4) is 0 Å². The van der Waals surface area contributed by atoms with Gasteiger partial charge in [0.05, 0.1) is 13.2 Å². The number of ether oxygens (including phenoxy) is 1. The van der Waals surface area contributed by atoms with Crippen LogP contribution in [0.25, 0.3) is 0 Å². The number of hydrogen-bond donors (Lipinski definition) is 2. The molecular formula is C21H30NO2+. The minimum atomic E-state index is -0.443. The zero-order valence-corrected chi connectivity index (χ0v) is 14.6. The average Bonchev–Trinajstić information content (AvgIpc) is 2.63. The normalized spacial score (nSPS) is 12.5. The van der Waals surface area contributed by atoms with Crippen molar-refractivity contribution in [2.75, 3.05) is 19.7 Å². The molecule has 0 amide bonds. The van der Waals surface area contributed by atoms with Crippen LogP contribution in [0.4, 0.5) is 0 Å². The van der Waals surface area contributed by atoms with Crippen molar-refractivity contribution in [3.05, 3.63) is 71.8 Å². The standard InChI is InChI=1S/C21H29NO2/c1-2-3-10-15-22-16-20(23)17-24-21(18-11-6-4-7-12-18)19-13-8-5-9-14-19/h4-9,11-14,20-23H,2-3,10,15-17H2,1H3/p+1/t20-/m1/s1. The predicted molar refractivity (Wildman–Crippen MR) is 97.9 cm³/mol. The topological polar surface area (TPSA) is 46.1 Å². The molecule has 0 heterocycles. The van der Waals surface area contributed by atoms with E-state index in [1.54, 1.807) is 0 Å². The molecule has 0 aliphatic rings. The summed E-state index contributed by atoms with van der Waals surface area (Å²) in [6, 6.07) is 20.4. The first-order valence-electron chi connectivity index (χ1n) is 9.02. The third-order valence-electron chi connectivity index (χ3n) is 4.11. The van der Waals surface area contributed by atoms with Crippen molar-refractivity contribution >= 4 is 0 Å². The lowest BCUT2D eigenvalue weighted by molar-refractivity contribution is -0.661. The number of aliphatic hydroxyl groups excluding tert-OH is 1. The molecule has 0 aliphatic carbocycles. The van der Waals surface area contributed by atoms with E-state index in [-0.39, 0.29) is 6.10 Å². The molecule has 24 heavy (non-hydrogen) atoms. The van der Waals surface area contributed by atoms with E-state index in [9.17, 15) is 5.11 Å². The van der Waals surface area contributed by atoms with E-state index in [0.29, 0.717) is 13.2 Å². The Morgan fingerprint density at radius 2 is 1.50 bits per heavy atom. The molecule has 0 saturated carbocycles. The minimum absolute atomic E-state index is 0.137. The third-order valence-corrected chi connectivity index (χ3v) is 4.11. The van der Waals surface area contributed by atoms with Crippen molar-refractivity contribution in [2.24, 2.45) is 0 Å². The van der Waals surface area contributed by atoms with Gasteiger partial charge in [-0.2, -0.15) is 0 Å². The second-order valence-corrected chi connectivity index (χ2v) is 6.21. The molecule has 3 N–H and O–H groups in total. The first-order valence-corrected chi connectivity index (χ1v) is 9.02. The highest BCUT2D eigenvalue weighted by Gasteiger charge is 2.17. The van der Waals surface area contributed by atoms with Crippen LogP contribution < -0.4 is 5.32 Å². The van der Waals surface area contributed by atoms with Crippen LogP contribution in [-0.2, 0) is 4.74 Å². The molecule has 0 bridgehead atoms. The zero-order valence-electron chi connectivity index (χ0n) is 14.6. The Morgan fingerprint density at radius 3 is 2.04 bits per heavy atom. The second kappa shape index (κ2) is 11.0. The molecule has 2 aromatic rings. The summed E-state index contributed by atoms with van der Waals surface area (Å²) in [5, 5.41) is 12.4. The van der Waals surface area contributed by atoms with Gasteiger partial charge in [0.1, 0.15) is 18.8 Å². The van der Waals surface area contributed by atoms with Crippen LogP contribution in [0.3, 0.4) is 0 Å². The third kappa shape index (κ3) is 6.44. The molecule has 0 aromatic heterocycles. The first kappa shape index (κ1) is 18.7. The van der Waals surface area contributed by atoms with Crippen LogP contribution in [0, 0.1) is 0 Å². The van der Waals surface area contributed by atoms with Gasteiger partial charge in [-0.15, -0.1) is 0 Å². The maximum absolute atomic E-state index is 10.2. The Morgan fingerprint density at radius 1 is 0.917 bits per heavy atom. The molecule has 2 rings (SSSR count). The average molecular weight is 328 g/mol. The summed E-state index contributed by atoms with van der Waals surface area (Å²) >= 11 is 0. The monoisotopic (exact) mass is 328 g/mol. The van der Waals surface area contributed by atoms with E-state index < -0.39 is 6.10 Å². The minimum Gasteiger partial charge on any atom is -0.385 e. The Balaban J connectivity index is 1.88. The van der Waals surface area contributed by atoms with Gasteiger partial charge in [0.2, 0.25) is 0 Å². The second-order valence-electron chi connectivity index (χ2n) is 6.21. The van der Waals surface area contributed by atoms with E-state index in [1.807, 2.05) is 36.4 Å².